The molecule has 1 fully saturated rings. The van der Waals surface area contributed by atoms with Crippen LogP contribution in [0.4, 0.5) is 22.2 Å². The molecule has 4 N–H and O–H groups in total. The Labute approximate surface area is 188 Å². The van der Waals surface area contributed by atoms with E-state index in [0.29, 0.717) is 60.2 Å². The van der Waals surface area contributed by atoms with Gasteiger partial charge < -0.3 is 20.5 Å². The molecule has 33 heavy (non-hydrogen) atoms. The van der Waals surface area contributed by atoms with Gasteiger partial charge in [-0.3, -0.25) is 10.3 Å². The lowest BCUT2D eigenvalue weighted by atomic mass is 10.1. The number of nitrogen functional groups attached to an aromatic ring is 1. The highest BCUT2D eigenvalue weighted by atomic mass is 16.5. The van der Waals surface area contributed by atoms with Crippen molar-refractivity contribution in [3.63, 3.8) is 0 Å². The normalized spacial score (nSPS) is 13.8. The van der Waals surface area contributed by atoms with Gasteiger partial charge in [-0.15, -0.1) is 0 Å². The van der Waals surface area contributed by atoms with E-state index in [-0.39, 0.29) is 5.95 Å². The molecule has 4 aromatic rings. The van der Waals surface area contributed by atoms with Crippen molar-refractivity contribution in [2.24, 2.45) is 0 Å². The van der Waals surface area contributed by atoms with E-state index in [4.69, 9.17) is 25.5 Å². The van der Waals surface area contributed by atoms with Crippen molar-refractivity contribution in [2.45, 2.75) is 0 Å². The van der Waals surface area contributed by atoms with Gasteiger partial charge in [-0.1, -0.05) is 12.1 Å². The Morgan fingerprint density at radius 2 is 1.76 bits per heavy atom. The summed E-state index contributed by atoms with van der Waals surface area (Å²) in [5.41, 5.74) is 10.3. The minimum atomic E-state index is -1.24. The SMILES string of the molecule is Nc1cccc(-c2cnc3c(N4CCOCC4)nc(-c4cnc(NC(=O)O)nc4)nc3c2)c1. The fourth-order valence-corrected chi connectivity index (χ4v) is 3.61. The molecular weight excluding hydrogens is 424 g/mol. The summed E-state index contributed by atoms with van der Waals surface area (Å²) in [6.07, 6.45) is 3.52. The molecule has 3 aromatic heterocycles. The summed E-state index contributed by atoms with van der Waals surface area (Å²) in [5.74, 6) is 1.09. The number of carbonyl (C=O) groups is 1. The molecule has 166 valence electrons. The molecule has 0 radical (unpaired) electrons. The van der Waals surface area contributed by atoms with E-state index in [2.05, 4.69) is 25.2 Å². The van der Waals surface area contributed by atoms with Gasteiger partial charge in [0.25, 0.3) is 0 Å². The highest BCUT2D eigenvalue weighted by Gasteiger charge is 2.20. The number of carboxylic acid groups (broad SMARTS) is 1. The third-order valence-corrected chi connectivity index (χ3v) is 5.18. The van der Waals surface area contributed by atoms with Crippen molar-refractivity contribution in [1.29, 1.82) is 0 Å². The highest BCUT2D eigenvalue weighted by molar-refractivity contribution is 5.90. The lowest BCUT2D eigenvalue weighted by Gasteiger charge is -2.28. The van der Waals surface area contributed by atoms with Crippen molar-refractivity contribution in [1.82, 2.24) is 24.9 Å². The van der Waals surface area contributed by atoms with Gasteiger partial charge in [-0.05, 0) is 23.8 Å². The molecule has 0 spiro atoms. The van der Waals surface area contributed by atoms with Crippen molar-refractivity contribution in [2.75, 3.05) is 42.3 Å². The number of nitrogens with zero attached hydrogens (tertiary/aromatic N) is 6. The Morgan fingerprint density at radius 3 is 2.48 bits per heavy atom. The fraction of sp³-hybridized carbons (Fsp3) is 0.182. The molecule has 0 aliphatic carbocycles. The summed E-state index contributed by atoms with van der Waals surface area (Å²) < 4.78 is 5.49. The number of hydrogen-bond donors (Lipinski definition) is 3. The first kappa shape index (κ1) is 20.5. The molecule has 0 saturated carbocycles. The quantitative estimate of drug-likeness (QED) is 0.400. The average molecular weight is 444 g/mol. The first-order chi connectivity index (χ1) is 16.1. The van der Waals surface area contributed by atoms with Gasteiger partial charge in [0.05, 0.1) is 24.3 Å². The molecule has 1 aliphatic rings. The van der Waals surface area contributed by atoms with Gasteiger partial charge in [0.2, 0.25) is 5.95 Å². The van der Waals surface area contributed by atoms with Crippen LogP contribution in [0.15, 0.2) is 48.9 Å². The first-order valence-electron chi connectivity index (χ1n) is 10.3. The number of ether oxygens (including phenoxy) is 1. The zero-order valence-corrected chi connectivity index (χ0v) is 17.5. The molecule has 4 heterocycles. The topological polar surface area (TPSA) is 152 Å². The molecule has 0 unspecified atom stereocenters. The van der Waals surface area contributed by atoms with Crippen LogP contribution in [0.25, 0.3) is 33.5 Å². The Hall–Kier alpha value is -4.38. The number of benzene rings is 1. The molecular formula is C22H20N8O3. The smallest absolute Gasteiger partial charge is 0.411 e. The van der Waals surface area contributed by atoms with Crippen LogP contribution in [0.3, 0.4) is 0 Å². The van der Waals surface area contributed by atoms with Gasteiger partial charge in [-0.2, -0.15) is 0 Å². The van der Waals surface area contributed by atoms with Gasteiger partial charge in [0, 0.05) is 42.9 Å². The maximum Gasteiger partial charge on any atom is 0.411 e. The molecule has 1 amide bonds. The van der Waals surface area contributed by atoms with Gasteiger partial charge in [0.1, 0.15) is 5.52 Å². The predicted molar refractivity (Wildman–Crippen MR) is 123 cm³/mol. The van der Waals surface area contributed by atoms with E-state index in [0.717, 1.165) is 11.1 Å². The predicted octanol–water partition coefficient (Wildman–Crippen LogP) is 2.66. The summed E-state index contributed by atoms with van der Waals surface area (Å²) in [6.45, 7) is 2.56. The van der Waals surface area contributed by atoms with Crippen LogP contribution in [0, 0.1) is 0 Å². The van der Waals surface area contributed by atoms with Gasteiger partial charge in [-0.25, -0.2) is 24.7 Å². The monoisotopic (exact) mass is 444 g/mol. The largest absolute Gasteiger partial charge is 0.465 e. The van der Waals surface area contributed by atoms with E-state index in [9.17, 15) is 4.79 Å². The number of hydrogen-bond acceptors (Lipinski definition) is 9. The highest BCUT2D eigenvalue weighted by Crippen LogP contribution is 2.30. The van der Waals surface area contributed by atoms with Crippen LogP contribution in [-0.2, 0) is 4.74 Å². The van der Waals surface area contributed by atoms with Crippen LogP contribution in [0.5, 0.6) is 0 Å². The standard InChI is InChI=1S/C22H20N8O3/c23-16-3-1-2-13(8-16)14-9-17-18(24-10-14)20(30-4-6-33-7-5-30)28-19(27-17)15-11-25-21(26-12-15)29-22(31)32/h1-3,8-12H,4-7,23H2,(H,31,32)(H,25,26,29). The number of nitrogens with one attached hydrogen (secondary N) is 1. The summed E-state index contributed by atoms with van der Waals surface area (Å²) in [5, 5.41) is 11.0. The minimum Gasteiger partial charge on any atom is -0.465 e. The van der Waals surface area contributed by atoms with Gasteiger partial charge >= 0.3 is 6.09 Å². The van der Waals surface area contributed by atoms with Crippen molar-refractivity contribution in [3.8, 4) is 22.5 Å². The second-order valence-electron chi connectivity index (χ2n) is 7.41. The van der Waals surface area contributed by atoms with E-state index < -0.39 is 6.09 Å². The zero-order chi connectivity index (χ0) is 22.8. The Balaban J connectivity index is 1.62. The molecule has 11 nitrogen and oxygen atoms in total. The van der Waals surface area contributed by atoms with Crippen LogP contribution < -0.4 is 16.0 Å². The molecule has 0 atom stereocenters. The fourth-order valence-electron chi connectivity index (χ4n) is 3.61. The first-order valence-corrected chi connectivity index (χ1v) is 10.3. The van der Waals surface area contributed by atoms with E-state index in [1.54, 1.807) is 6.20 Å². The van der Waals surface area contributed by atoms with Gasteiger partial charge in [0.15, 0.2) is 11.6 Å². The lowest BCUT2D eigenvalue weighted by molar-refractivity contribution is 0.122. The number of rotatable bonds is 4. The molecule has 1 saturated heterocycles. The number of pyridine rings is 1. The lowest BCUT2D eigenvalue weighted by Crippen LogP contribution is -2.37. The van der Waals surface area contributed by atoms with Crippen molar-refractivity contribution in [3.05, 3.63) is 48.9 Å². The minimum absolute atomic E-state index is 0.0222. The number of anilines is 3. The van der Waals surface area contributed by atoms with E-state index >= 15 is 0 Å². The second-order valence-corrected chi connectivity index (χ2v) is 7.41. The molecule has 5 rings (SSSR count). The molecule has 11 heteroatoms. The van der Waals surface area contributed by atoms with E-state index in [1.807, 2.05) is 30.3 Å². The average Bonchev–Trinajstić information content (AvgIpc) is 2.83. The molecule has 1 aromatic carbocycles. The third-order valence-electron chi connectivity index (χ3n) is 5.18. The summed E-state index contributed by atoms with van der Waals surface area (Å²) >= 11 is 0. The zero-order valence-electron chi connectivity index (χ0n) is 17.5. The Morgan fingerprint density at radius 1 is 1.00 bits per heavy atom. The number of amides is 1. The van der Waals surface area contributed by atoms with Crippen molar-refractivity contribution < 1.29 is 14.6 Å². The third kappa shape index (κ3) is 4.34. The number of fused-ring (bicyclic) bond motifs is 1. The van der Waals surface area contributed by atoms with Crippen LogP contribution in [0.1, 0.15) is 0 Å². The Bertz CT molecular complexity index is 1320. The summed E-state index contributed by atoms with van der Waals surface area (Å²) in [4.78, 5) is 35.2. The van der Waals surface area contributed by atoms with Crippen LogP contribution in [-0.4, -0.2) is 62.4 Å². The van der Waals surface area contributed by atoms with E-state index in [1.165, 1.54) is 12.4 Å². The summed E-state index contributed by atoms with van der Waals surface area (Å²) in [6, 6.07) is 9.52. The molecule has 0 bridgehead atoms. The molecule has 1 aliphatic heterocycles. The number of morpholine rings is 1. The number of aromatic nitrogens is 5. The number of nitrogens with two attached hydrogens (primary N) is 1. The second kappa shape index (κ2) is 8.63. The Kier molecular flexibility index (Phi) is 5.37. The maximum atomic E-state index is 10.8. The van der Waals surface area contributed by atoms with Crippen LogP contribution >= 0.6 is 0 Å². The summed E-state index contributed by atoms with van der Waals surface area (Å²) in [7, 11) is 0. The van der Waals surface area contributed by atoms with Crippen LogP contribution in [0.2, 0.25) is 0 Å². The van der Waals surface area contributed by atoms with Crippen molar-refractivity contribution >= 4 is 34.6 Å². The maximum absolute atomic E-state index is 10.8.